The van der Waals surface area contributed by atoms with Gasteiger partial charge in [-0.05, 0) is 57.2 Å². The Kier molecular flexibility index (Phi) is 6.90. The van der Waals surface area contributed by atoms with E-state index < -0.39 is 5.97 Å². The molecule has 0 heterocycles. The van der Waals surface area contributed by atoms with Crippen LogP contribution in [0.5, 0.6) is 0 Å². The maximum absolute atomic E-state index is 10.8. The maximum Gasteiger partial charge on any atom is 0.306 e. The number of carboxylic acid groups (broad SMARTS) is 1. The third-order valence-electron chi connectivity index (χ3n) is 4.16. The monoisotopic (exact) mass is 291 g/mol. The quantitative estimate of drug-likeness (QED) is 0.761. The van der Waals surface area contributed by atoms with Crippen molar-refractivity contribution in [1.29, 1.82) is 0 Å². The third kappa shape index (κ3) is 5.88. The van der Waals surface area contributed by atoms with Crippen molar-refractivity contribution in [3.63, 3.8) is 0 Å². The number of aliphatic carboxylic acids is 1. The Labute approximate surface area is 128 Å². The first kappa shape index (κ1) is 17.7. The van der Waals surface area contributed by atoms with Crippen molar-refractivity contribution < 1.29 is 9.90 Å². The van der Waals surface area contributed by atoms with Gasteiger partial charge in [0.1, 0.15) is 0 Å². The summed E-state index contributed by atoms with van der Waals surface area (Å²) in [6, 6.07) is 4.86. The molecule has 0 aliphatic rings. The molecule has 3 nitrogen and oxygen atoms in total. The SMILES string of the molecule is Cc1cc(C)c(CNC(C)CCCC(C)C(=O)O)c(C)c1. The summed E-state index contributed by atoms with van der Waals surface area (Å²) in [6.45, 7) is 11.3. The van der Waals surface area contributed by atoms with Crippen molar-refractivity contribution in [3.8, 4) is 0 Å². The molecular formula is C18H29NO2. The summed E-state index contributed by atoms with van der Waals surface area (Å²) in [6.07, 6.45) is 2.72. The standard InChI is InChI=1S/C18H29NO2/c1-12-9-14(3)17(15(4)10-12)11-19-16(5)8-6-7-13(2)18(20)21/h9-10,13,16,19H,6-8,11H2,1-5H3,(H,20,21). The lowest BCUT2D eigenvalue weighted by Crippen LogP contribution is -2.26. The van der Waals surface area contributed by atoms with E-state index in [1.54, 1.807) is 6.92 Å². The lowest BCUT2D eigenvalue weighted by Gasteiger charge is -2.17. The molecule has 1 aromatic carbocycles. The molecule has 0 spiro atoms. The zero-order valence-corrected chi connectivity index (χ0v) is 14.0. The smallest absolute Gasteiger partial charge is 0.306 e. The number of nitrogens with one attached hydrogen (secondary N) is 1. The number of carbonyl (C=O) groups is 1. The predicted octanol–water partition coefficient (Wildman–Crippen LogP) is 3.98. The average Bonchev–Trinajstić information content (AvgIpc) is 2.37. The highest BCUT2D eigenvalue weighted by Gasteiger charge is 2.11. The van der Waals surface area contributed by atoms with Crippen molar-refractivity contribution in [2.24, 2.45) is 5.92 Å². The Morgan fingerprint density at radius 1 is 1.14 bits per heavy atom. The summed E-state index contributed by atoms with van der Waals surface area (Å²) in [7, 11) is 0. The Morgan fingerprint density at radius 2 is 1.71 bits per heavy atom. The van der Waals surface area contributed by atoms with Crippen LogP contribution < -0.4 is 5.32 Å². The predicted molar refractivity (Wildman–Crippen MR) is 87.6 cm³/mol. The first-order valence-corrected chi connectivity index (χ1v) is 7.84. The molecule has 0 saturated carbocycles. The van der Waals surface area contributed by atoms with Gasteiger partial charge in [0.15, 0.2) is 0 Å². The van der Waals surface area contributed by atoms with Crippen LogP contribution in [0.4, 0.5) is 0 Å². The van der Waals surface area contributed by atoms with E-state index in [0.29, 0.717) is 6.04 Å². The van der Waals surface area contributed by atoms with Crippen LogP contribution in [0, 0.1) is 26.7 Å². The van der Waals surface area contributed by atoms with Gasteiger partial charge in [-0.25, -0.2) is 0 Å². The van der Waals surface area contributed by atoms with Gasteiger partial charge < -0.3 is 10.4 Å². The lowest BCUT2D eigenvalue weighted by atomic mass is 9.99. The molecule has 1 aromatic rings. The Balaban J connectivity index is 2.40. The second-order valence-corrected chi connectivity index (χ2v) is 6.33. The largest absolute Gasteiger partial charge is 0.481 e. The molecule has 0 radical (unpaired) electrons. The van der Waals surface area contributed by atoms with E-state index in [4.69, 9.17) is 5.11 Å². The highest BCUT2D eigenvalue weighted by Crippen LogP contribution is 2.17. The number of hydrogen-bond donors (Lipinski definition) is 2. The fourth-order valence-electron chi connectivity index (χ4n) is 2.72. The normalized spacial score (nSPS) is 14.0. The Hall–Kier alpha value is -1.35. The minimum atomic E-state index is -0.693. The van der Waals surface area contributed by atoms with Crippen LogP contribution in [-0.4, -0.2) is 17.1 Å². The van der Waals surface area contributed by atoms with Crippen molar-refractivity contribution in [1.82, 2.24) is 5.32 Å². The molecule has 0 amide bonds. The molecule has 118 valence electrons. The van der Waals surface area contributed by atoms with Gasteiger partial charge in [0, 0.05) is 12.6 Å². The van der Waals surface area contributed by atoms with Crippen molar-refractivity contribution in [2.45, 2.75) is 66.5 Å². The minimum Gasteiger partial charge on any atom is -0.481 e. The molecule has 0 saturated heterocycles. The summed E-state index contributed by atoms with van der Waals surface area (Å²) in [4.78, 5) is 10.8. The van der Waals surface area contributed by atoms with Crippen LogP contribution in [0.3, 0.4) is 0 Å². The van der Waals surface area contributed by atoms with Gasteiger partial charge in [-0.2, -0.15) is 0 Å². The Bertz CT molecular complexity index is 459. The molecule has 0 bridgehead atoms. The number of benzene rings is 1. The number of rotatable bonds is 8. The van der Waals surface area contributed by atoms with Gasteiger partial charge in [-0.3, -0.25) is 4.79 Å². The first-order chi connectivity index (χ1) is 9.81. The van der Waals surface area contributed by atoms with Crippen LogP contribution in [0.15, 0.2) is 12.1 Å². The third-order valence-corrected chi connectivity index (χ3v) is 4.16. The molecule has 0 aromatic heterocycles. The van der Waals surface area contributed by atoms with Crippen molar-refractivity contribution in [3.05, 3.63) is 34.4 Å². The zero-order valence-electron chi connectivity index (χ0n) is 14.0. The van der Waals surface area contributed by atoms with Gasteiger partial charge in [0.2, 0.25) is 0 Å². The van der Waals surface area contributed by atoms with E-state index in [1.165, 1.54) is 22.3 Å². The molecule has 0 fully saturated rings. The molecule has 1 rings (SSSR count). The lowest BCUT2D eigenvalue weighted by molar-refractivity contribution is -0.141. The maximum atomic E-state index is 10.8. The fraction of sp³-hybridized carbons (Fsp3) is 0.611. The van der Waals surface area contributed by atoms with Crippen molar-refractivity contribution >= 4 is 5.97 Å². The van der Waals surface area contributed by atoms with Gasteiger partial charge >= 0.3 is 5.97 Å². The van der Waals surface area contributed by atoms with Crippen molar-refractivity contribution in [2.75, 3.05) is 0 Å². The molecule has 2 unspecified atom stereocenters. The van der Waals surface area contributed by atoms with Crippen LogP contribution in [-0.2, 0) is 11.3 Å². The summed E-state index contributed by atoms with van der Waals surface area (Å²) >= 11 is 0. The number of hydrogen-bond acceptors (Lipinski definition) is 2. The van der Waals surface area contributed by atoms with E-state index in [1.807, 2.05) is 0 Å². The van der Waals surface area contributed by atoms with Crippen LogP contribution >= 0.6 is 0 Å². The molecule has 2 N–H and O–H groups in total. The molecule has 0 aliphatic heterocycles. The van der Waals surface area contributed by atoms with Gasteiger partial charge in [-0.1, -0.05) is 31.0 Å². The highest BCUT2D eigenvalue weighted by atomic mass is 16.4. The molecular weight excluding hydrogens is 262 g/mol. The number of carboxylic acids is 1. The van der Waals surface area contributed by atoms with Crippen LogP contribution in [0.2, 0.25) is 0 Å². The van der Waals surface area contributed by atoms with Crippen LogP contribution in [0.1, 0.15) is 55.4 Å². The highest BCUT2D eigenvalue weighted by molar-refractivity contribution is 5.69. The summed E-state index contributed by atoms with van der Waals surface area (Å²) in [5, 5.41) is 12.4. The van der Waals surface area contributed by atoms with Gasteiger partial charge in [0.05, 0.1) is 5.92 Å². The topological polar surface area (TPSA) is 49.3 Å². The fourth-order valence-corrected chi connectivity index (χ4v) is 2.72. The second-order valence-electron chi connectivity index (χ2n) is 6.33. The molecule has 3 heteroatoms. The van der Waals surface area contributed by atoms with E-state index in [9.17, 15) is 4.79 Å². The van der Waals surface area contributed by atoms with E-state index in [0.717, 1.165) is 25.8 Å². The molecule has 21 heavy (non-hydrogen) atoms. The second kappa shape index (κ2) is 8.18. The van der Waals surface area contributed by atoms with Gasteiger partial charge in [0.25, 0.3) is 0 Å². The number of aryl methyl sites for hydroxylation is 3. The van der Waals surface area contributed by atoms with Crippen LogP contribution in [0.25, 0.3) is 0 Å². The first-order valence-electron chi connectivity index (χ1n) is 7.84. The zero-order chi connectivity index (χ0) is 16.0. The van der Waals surface area contributed by atoms with E-state index in [-0.39, 0.29) is 5.92 Å². The van der Waals surface area contributed by atoms with E-state index in [2.05, 4.69) is 45.1 Å². The summed E-state index contributed by atoms with van der Waals surface area (Å²) < 4.78 is 0. The summed E-state index contributed by atoms with van der Waals surface area (Å²) in [5.74, 6) is -0.930. The van der Waals surface area contributed by atoms with Gasteiger partial charge in [-0.15, -0.1) is 0 Å². The Morgan fingerprint density at radius 3 is 2.24 bits per heavy atom. The van der Waals surface area contributed by atoms with E-state index >= 15 is 0 Å². The molecule has 0 aliphatic carbocycles. The molecule has 2 atom stereocenters. The average molecular weight is 291 g/mol. The summed E-state index contributed by atoms with van der Waals surface area (Å²) in [5.41, 5.74) is 5.37. The minimum absolute atomic E-state index is 0.237.